The summed E-state index contributed by atoms with van der Waals surface area (Å²) in [5.41, 5.74) is 2.67. The molecular formula is C9H14BrClLiNZn. The van der Waals surface area contributed by atoms with Crippen LogP contribution >= 0.6 is 13.6 Å². The molecule has 1 rings (SSSR count). The Hall–Kier alpha value is 1.27. The quantitative estimate of drug-likeness (QED) is 0.409. The summed E-state index contributed by atoms with van der Waals surface area (Å²) in [4.78, 5) is 0. The van der Waals surface area contributed by atoms with Crippen LogP contribution in [0, 0.1) is 20.8 Å². The molecule has 0 saturated carbocycles. The van der Waals surface area contributed by atoms with E-state index in [1.807, 2.05) is 0 Å². The Balaban J connectivity index is -0.000000284. The van der Waals surface area contributed by atoms with Gasteiger partial charge in [0.05, 0.1) is 0 Å². The number of nitrogens with zero attached hydrogens (tertiary/aromatic N) is 1. The number of rotatable bonds is 2. The van der Waals surface area contributed by atoms with Crippen LogP contribution in [0.2, 0.25) is 0 Å². The fourth-order valence-electron chi connectivity index (χ4n) is 1.21. The third kappa shape index (κ3) is 6.70. The summed E-state index contributed by atoms with van der Waals surface area (Å²) >= 11 is 4.25. The molecular weight excluding hydrogens is 310 g/mol. The molecule has 0 fully saturated rings. The first-order valence-electron chi connectivity index (χ1n) is 3.94. The SMILES string of the molecule is [CH2-]CCn1c(C)ccc1C.[Cl-].[Li+].[Zn+][Br]. The summed E-state index contributed by atoms with van der Waals surface area (Å²) < 4.78 is 2.28. The number of hydrogen-bond acceptors (Lipinski definition) is 0. The molecule has 1 aromatic rings. The van der Waals surface area contributed by atoms with Crippen LogP contribution in [0.15, 0.2) is 12.1 Å². The van der Waals surface area contributed by atoms with Gasteiger partial charge in [-0.15, -0.1) is 0 Å². The standard InChI is InChI=1S/C9H14N.BrH.ClH.Li.Zn/c1-4-7-10-8(2)5-6-9(10)3;;;;/h5-6H,1,4,7H2,2-3H3;2*1H;;/q-1;;;+1;+2/p-2. The molecule has 0 aliphatic rings. The normalized spacial score (nSPS) is 7.86. The number of halogens is 2. The molecule has 5 heteroatoms. The predicted molar refractivity (Wildman–Crippen MR) is 52.8 cm³/mol. The molecule has 0 spiro atoms. The molecule has 0 unspecified atom stereocenters. The van der Waals surface area contributed by atoms with Crippen molar-refractivity contribution in [3.8, 4) is 0 Å². The molecule has 0 aromatic carbocycles. The molecule has 0 radical (unpaired) electrons. The Kier molecular flexibility index (Phi) is 18.2. The average molecular weight is 324 g/mol. The third-order valence-corrected chi connectivity index (χ3v) is 1.80. The monoisotopic (exact) mass is 321 g/mol. The minimum absolute atomic E-state index is 0. The van der Waals surface area contributed by atoms with E-state index in [2.05, 4.69) is 51.1 Å². The van der Waals surface area contributed by atoms with Gasteiger partial charge >= 0.3 is 48.8 Å². The van der Waals surface area contributed by atoms with Crippen LogP contribution in [0.5, 0.6) is 0 Å². The molecule has 72 valence electrons. The summed E-state index contributed by atoms with van der Waals surface area (Å²) in [7, 11) is 0. The van der Waals surface area contributed by atoms with E-state index in [9.17, 15) is 0 Å². The van der Waals surface area contributed by atoms with Crippen LogP contribution in [0.25, 0.3) is 0 Å². The zero-order valence-corrected chi connectivity index (χ0v) is 14.5. The molecule has 0 aliphatic heterocycles. The predicted octanol–water partition coefficient (Wildman–Crippen LogP) is -2.82. The van der Waals surface area contributed by atoms with Crippen molar-refractivity contribution in [2.75, 3.05) is 0 Å². The fraction of sp³-hybridized carbons (Fsp3) is 0.444. The van der Waals surface area contributed by atoms with E-state index >= 15 is 0 Å². The Morgan fingerprint density at radius 1 is 1.29 bits per heavy atom. The van der Waals surface area contributed by atoms with Crippen molar-refractivity contribution in [1.29, 1.82) is 0 Å². The molecule has 0 N–H and O–H groups in total. The average Bonchev–Trinajstić information content (AvgIpc) is 2.40. The van der Waals surface area contributed by atoms with E-state index in [4.69, 9.17) is 0 Å². The molecule has 0 atom stereocenters. The van der Waals surface area contributed by atoms with Crippen molar-refractivity contribution in [1.82, 2.24) is 4.57 Å². The summed E-state index contributed by atoms with van der Waals surface area (Å²) in [5.74, 6) is 0. The first kappa shape index (κ1) is 20.7. The topological polar surface area (TPSA) is 4.93 Å². The maximum atomic E-state index is 3.82. The van der Waals surface area contributed by atoms with Gasteiger partial charge in [0.2, 0.25) is 0 Å². The van der Waals surface area contributed by atoms with Crippen molar-refractivity contribution in [3.05, 3.63) is 30.4 Å². The first-order valence-corrected chi connectivity index (χ1v) is 10.9. The van der Waals surface area contributed by atoms with Gasteiger partial charge in [0.15, 0.2) is 0 Å². The second kappa shape index (κ2) is 12.3. The van der Waals surface area contributed by atoms with Crippen LogP contribution in [-0.2, 0) is 22.9 Å². The molecule has 0 aliphatic carbocycles. The van der Waals surface area contributed by atoms with E-state index in [1.54, 1.807) is 0 Å². The Bertz CT molecular complexity index is 211. The third-order valence-electron chi connectivity index (χ3n) is 1.80. The molecule has 0 bridgehead atoms. The Morgan fingerprint density at radius 2 is 1.64 bits per heavy atom. The van der Waals surface area contributed by atoms with E-state index < -0.39 is 0 Å². The van der Waals surface area contributed by atoms with Gasteiger partial charge in [-0.3, -0.25) is 0 Å². The van der Waals surface area contributed by atoms with Crippen molar-refractivity contribution in [3.63, 3.8) is 0 Å². The van der Waals surface area contributed by atoms with Gasteiger partial charge in [-0.1, -0.05) is 0 Å². The molecule has 1 heterocycles. The molecule has 1 nitrogen and oxygen atoms in total. The van der Waals surface area contributed by atoms with Gasteiger partial charge in [-0.25, -0.2) is 0 Å². The second-order valence-corrected chi connectivity index (χ2v) is 2.62. The summed E-state index contributed by atoms with van der Waals surface area (Å²) in [6, 6.07) is 4.29. The van der Waals surface area contributed by atoms with E-state index in [0.717, 1.165) is 13.0 Å². The maximum absolute atomic E-state index is 3.82. The van der Waals surface area contributed by atoms with Gasteiger partial charge < -0.3 is 23.9 Å². The second-order valence-electron chi connectivity index (χ2n) is 2.62. The van der Waals surface area contributed by atoms with Gasteiger partial charge in [0.25, 0.3) is 0 Å². The molecule has 1 aromatic heterocycles. The Morgan fingerprint density at radius 3 is 1.93 bits per heavy atom. The number of aromatic nitrogens is 1. The zero-order chi connectivity index (χ0) is 9.56. The number of aryl methyl sites for hydroxylation is 2. The van der Waals surface area contributed by atoms with Gasteiger partial charge in [0.1, 0.15) is 0 Å². The van der Waals surface area contributed by atoms with Crippen LogP contribution in [0.3, 0.4) is 0 Å². The van der Waals surface area contributed by atoms with E-state index in [-0.39, 0.29) is 31.3 Å². The zero-order valence-electron chi connectivity index (χ0n) is 9.19. The van der Waals surface area contributed by atoms with Crippen molar-refractivity contribution < 1.29 is 47.6 Å². The van der Waals surface area contributed by atoms with Crippen LogP contribution < -0.4 is 31.3 Å². The van der Waals surface area contributed by atoms with Crippen LogP contribution in [-0.4, -0.2) is 4.57 Å². The van der Waals surface area contributed by atoms with Gasteiger partial charge in [0, 0.05) is 11.4 Å². The minimum atomic E-state index is 0. The fourth-order valence-corrected chi connectivity index (χ4v) is 1.21. The van der Waals surface area contributed by atoms with Crippen LogP contribution in [0.1, 0.15) is 17.8 Å². The van der Waals surface area contributed by atoms with E-state index in [0.29, 0.717) is 0 Å². The number of hydrogen-bond donors (Lipinski definition) is 0. The molecule has 14 heavy (non-hydrogen) atoms. The summed E-state index contributed by atoms with van der Waals surface area (Å²) in [5, 5.41) is 0. The molecule has 0 amide bonds. The van der Waals surface area contributed by atoms with Crippen LogP contribution in [0.4, 0.5) is 0 Å². The first-order chi connectivity index (χ1) is 5.75. The van der Waals surface area contributed by atoms with E-state index in [1.165, 1.54) is 27.7 Å². The summed E-state index contributed by atoms with van der Waals surface area (Å²) in [6.45, 7) is 9.12. The van der Waals surface area contributed by atoms with Crippen molar-refractivity contribution >= 4 is 13.6 Å². The van der Waals surface area contributed by atoms with Gasteiger partial charge in [-0.2, -0.15) is 6.42 Å². The molecule has 0 saturated heterocycles. The van der Waals surface area contributed by atoms with Gasteiger partial charge in [-0.05, 0) is 32.5 Å². The van der Waals surface area contributed by atoms with Crippen molar-refractivity contribution in [2.24, 2.45) is 0 Å². The van der Waals surface area contributed by atoms with Crippen molar-refractivity contribution in [2.45, 2.75) is 26.8 Å². The Labute approximate surface area is 122 Å². The summed E-state index contributed by atoms with van der Waals surface area (Å²) in [6.07, 6.45) is 0.969.